The van der Waals surface area contributed by atoms with Crippen molar-refractivity contribution in [1.29, 1.82) is 0 Å². The van der Waals surface area contributed by atoms with Crippen LogP contribution >= 0.6 is 0 Å². The van der Waals surface area contributed by atoms with E-state index in [1.807, 2.05) is 0 Å². The third kappa shape index (κ3) is 2.09. The van der Waals surface area contributed by atoms with Crippen molar-refractivity contribution in [2.24, 2.45) is 0 Å². The molecule has 1 aliphatic heterocycles. The van der Waals surface area contributed by atoms with Gasteiger partial charge in [-0.2, -0.15) is 0 Å². The van der Waals surface area contributed by atoms with Gasteiger partial charge in [-0.1, -0.05) is 6.07 Å². The number of methoxy groups -OCH3 is 1. The lowest BCUT2D eigenvalue weighted by Crippen LogP contribution is -2.48. The summed E-state index contributed by atoms with van der Waals surface area (Å²) in [4.78, 5) is 23.9. The highest BCUT2D eigenvalue weighted by atomic mass is 16.5. The number of rotatable bonds is 1. The number of phenols is 1. The number of amides is 1. The summed E-state index contributed by atoms with van der Waals surface area (Å²) >= 11 is 0. The van der Waals surface area contributed by atoms with E-state index >= 15 is 0 Å². The first-order valence-corrected chi connectivity index (χ1v) is 5.41. The van der Waals surface area contributed by atoms with Gasteiger partial charge in [0.2, 0.25) is 0 Å². The number of carboxylic acid groups (broad SMARTS) is 1. The molecule has 0 saturated carbocycles. The monoisotopic (exact) mass is 251 g/mol. The molecule has 1 aromatic rings. The van der Waals surface area contributed by atoms with Gasteiger partial charge in [-0.05, 0) is 23.3 Å². The van der Waals surface area contributed by atoms with Crippen LogP contribution < -0.4 is 0 Å². The zero-order valence-electron chi connectivity index (χ0n) is 9.79. The van der Waals surface area contributed by atoms with Gasteiger partial charge in [-0.3, -0.25) is 4.90 Å². The quantitative estimate of drug-likeness (QED) is 0.776. The fraction of sp³-hybridized carbons (Fsp3) is 0.333. The predicted molar refractivity (Wildman–Crippen MR) is 61.2 cm³/mol. The fourth-order valence-corrected chi connectivity index (χ4v) is 2.10. The Kier molecular flexibility index (Phi) is 3.10. The van der Waals surface area contributed by atoms with Gasteiger partial charge in [0.1, 0.15) is 11.8 Å². The van der Waals surface area contributed by atoms with Crippen molar-refractivity contribution in [3.8, 4) is 5.75 Å². The Hall–Kier alpha value is -2.24. The number of carbonyl (C=O) groups excluding carboxylic acids is 1. The Morgan fingerprint density at radius 1 is 1.39 bits per heavy atom. The average Bonchev–Trinajstić information content (AvgIpc) is 2.36. The van der Waals surface area contributed by atoms with Crippen LogP contribution in [0.1, 0.15) is 11.1 Å². The van der Waals surface area contributed by atoms with Gasteiger partial charge in [-0.25, -0.2) is 9.59 Å². The second kappa shape index (κ2) is 4.56. The van der Waals surface area contributed by atoms with Crippen LogP contribution in [0.3, 0.4) is 0 Å². The van der Waals surface area contributed by atoms with E-state index in [1.165, 1.54) is 24.1 Å². The van der Waals surface area contributed by atoms with Crippen LogP contribution in [0, 0.1) is 0 Å². The van der Waals surface area contributed by atoms with Crippen LogP contribution in [0.15, 0.2) is 18.2 Å². The average molecular weight is 251 g/mol. The highest BCUT2D eigenvalue weighted by molar-refractivity contribution is 5.81. The number of hydrogen-bond acceptors (Lipinski definition) is 4. The van der Waals surface area contributed by atoms with Crippen LogP contribution in [0.4, 0.5) is 4.79 Å². The number of phenolic OH excluding ortho intramolecular Hbond substituents is 1. The standard InChI is InChI=1S/C12H13NO5/c1-18-12(17)13-6-7-2-3-9(14)4-8(7)5-10(13)11(15)16/h2-4,10,14H,5-6H2,1H3,(H,15,16)/t10-/m1/s1. The summed E-state index contributed by atoms with van der Waals surface area (Å²) < 4.78 is 4.58. The number of aromatic hydroxyl groups is 1. The summed E-state index contributed by atoms with van der Waals surface area (Å²) in [6, 6.07) is 3.75. The molecule has 0 spiro atoms. The molecule has 0 aromatic heterocycles. The van der Waals surface area contributed by atoms with E-state index in [1.54, 1.807) is 6.07 Å². The first kappa shape index (κ1) is 12.2. The number of hydrogen-bond donors (Lipinski definition) is 2. The molecule has 1 aliphatic rings. The number of aliphatic carboxylic acids is 1. The maximum atomic E-state index is 11.5. The molecule has 1 atom stereocenters. The van der Waals surface area contributed by atoms with E-state index in [2.05, 4.69) is 4.74 Å². The van der Waals surface area contributed by atoms with Crippen LogP contribution in [0.25, 0.3) is 0 Å². The summed E-state index contributed by atoms with van der Waals surface area (Å²) in [7, 11) is 1.22. The lowest BCUT2D eigenvalue weighted by Gasteiger charge is -2.33. The van der Waals surface area contributed by atoms with Gasteiger partial charge < -0.3 is 14.9 Å². The lowest BCUT2D eigenvalue weighted by molar-refractivity contribution is -0.143. The number of benzene rings is 1. The van der Waals surface area contributed by atoms with Crippen molar-refractivity contribution >= 4 is 12.1 Å². The molecule has 0 fully saturated rings. The van der Waals surface area contributed by atoms with E-state index in [4.69, 9.17) is 5.11 Å². The van der Waals surface area contributed by atoms with Crippen LogP contribution in [0.5, 0.6) is 5.75 Å². The minimum atomic E-state index is -1.09. The molecular formula is C12H13NO5. The molecule has 1 aromatic carbocycles. The molecule has 2 rings (SSSR count). The normalized spacial score (nSPS) is 18.1. The molecule has 1 heterocycles. The Morgan fingerprint density at radius 3 is 2.72 bits per heavy atom. The minimum absolute atomic E-state index is 0.0874. The first-order chi connectivity index (χ1) is 8.52. The van der Waals surface area contributed by atoms with Crippen LogP contribution in [0.2, 0.25) is 0 Å². The van der Waals surface area contributed by atoms with Gasteiger partial charge in [0.25, 0.3) is 0 Å². The second-order valence-corrected chi connectivity index (χ2v) is 4.11. The van der Waals surface area contributed by atoms with E-state index in [0.717, 1.165) is 11.1 Å². The smallest absolute Gasteiger partial charge is 0.410 e. The van der Waals surface area contributed by atoms with Gasteiger partial charge >= 0.3 is 12.1 Å². The van der Waals surface area contributed by atoms with E-state index in [-0.39, 0.29) is 18.7 Å². The van der Waals surface area contributed by atoms with E-state index in [0.29, 0.717) is 0 Å². The molecule has 18 heavy (non-hydrogen) atoms. The molecular weight excluding hydrogens is 238 g/mol. The zero-order chi connectivity index (χ0) is 13.3. The minimum Gasteiger partial charge on any atom is -0.508 e. The summed E-state index contributed by atoms with van der Waals surface area (Å²) in [5, 5.41) is 18.5. The molecule has 0 unspecified atom stereocenters. The number of nitrogens with zero attached hydrogens (tertiary/aromatic N) is 1. The third-order valence-corrected chi connectivity index (χ3v) is 3.01. The Bertz CT molecular complexity index is 499. The number of carbonyl (C=O) groups is 2. The van der Waals surface area contributed by atoms with Crippen molar-refractivity contribution in [3.05, 3.63) is 29.3 Å². The summed E-state index contributed by atoms with van der Waals surface area (Å²) in [6.07, 6.45) is -0.505. The lowest BCUT2D eigenvalue weighted by atomic mass is 9.94. The molecule has 0 saturated heterocycles. The van der Waals surface area contributed by atoms with Crippen molar-refractivity contribution in [2.75, 3.05) is 7.11 Å². The highest BCUT2D eigenvalue weighted by Gasteiger charge is 2.35. The zero-order valence-corrected chi connectivity index (χ0v) is 9.79. The van der Waals surface area contributed by atoms with Gasteiger partial charge in [0.15, 0.2) is 0 Å². The predicted octanol–water partition coefficient (Wildman–Crippen LogP) is 0.970. The van der Waals surface area contributed by atoms with E-state index < -0.39 is 18.1 Å². The Labute approximate surface area is 103 Å². The maximum Gasteiger partial charge on any atom is 0.410 e. The molecule has 1 amide bonds. The summed E-state index contributed by atoms with van der Waals surface area (Å²) in [6.45, 7) is 0.166. The van der Waals surface area contributed by atoms with Crippen molar-refractivity contribution in [3.63, 3.8) is 0 Å². The van der Waals surface area contributed by atoms with E-state index in [9.17, 15) is 14.7 Å². The molecule has 96 valence electrons. The second-order valence-electron chi connectivity index (χ2n) is 4.11. The molecule has 6 nitrogen and oxygen atoms in total. The van der Waals surface area contributed by atoms with Crippen LogP contribution in [-0.4, -0.2) is 40.3 Å². The third-order valence-electron chi connectivity index (χ3n) is 3.01. The molecule has 0 bridgehead atoms. The SMILES string of the molecule is COC(=O)N1Cc2ccc(O)cc2C[C@@H]1C(=O)O. The Balaban J connectivity index is 2.37. The number of ether oxygens (including phenoxy) is 1. The summed E-state index contributed by atoms with van der Waals surface area (Å²) in [5.74, 6) is -1.00. The van der Waals surface area contributed by atoms with Crippen molar-refractivity contribution in [1.82, 2.24) is 4.90 Å². The number of carboxylic acids is 1. The van der Waals surface area contributed by atoms with Crippen LogP contribution in [-0.2, 0) is 22.5 Å². The Morgan fingerprint density at radius 2 is 2.11 bits per heavy atom. The highest BCUT2D eigenvalue weighted by Crippen LogP contribution is 2.27. The molecule has 0 radical (unpaired) electrons. The molecule has 2 N–H and O–H groups in total. The maximum absolute atomic E-state index is 11.5. The summed E-state index contributed by atoms with van der Waals surface area (Å²) in [5.41, 5.74) is 1.55. The van der Waals surface area contributed by atoms with Crippen molar-refractivity contribution < 1.29 is 24.5 Å². The van der Waals surface area contributed by atoms with Gasteiger partial charge in [0, 0.05) is 6.42 Å². The largest absolute Gasteiger partial charge is 0.508 e. The molecule has 6 heteroatoms. The van der Waals surface area contributed by atoms with Gasteiger partial charge in [-0.15, -0.1) is 0 Å². The number of fused-ring (bicyclic) bond motifs is 1. The topological polar surface area (TPSA) is 87.1 Å². The first-order valence-electron chi connectivity index (χ1n) is 5.41. The fourth-order valence-electron chi connectivity index (χ4n) is 2.10. The van der Waals surface area contributed by atoms with Crippen molar-refractivity contribution in [2.45, 2.75) is 19.0 Å². The molecule has 0 aliphatic carbocycles. The van der Waals surface area contributed by atoms with Gasteiger partial charge in [0.05, 0.1) is 13.7 Å².